The zero-order chi connectivity index (χ0) is 19.4. The largest absolute Gasteiger partial charge is 0.393 e. The highest BCUT2D eigenvalue weighted by Crippen LogP contribution is 2.34. The monoisotopic (exact) mass is 373 g/mol. The highest BCUT2D eigenvalue weighted by atomic mass is 19.1. The quantitative estimate of drug-likeness (QED) is 0.476. The van der Waals surface area contributed by atoms with Crippen molar-refractivity contribution in [3.8, 4) is 0 Å². The summed E-state index contributed by atoms with van der Waals surface area (Å²) in [4.78, 5) is 22.9. The highest BCUT2D eigenvalue weighted by molar-refractivity contribution is 5.95. The number of amides is 1. The van der Waals surface area contributed by atoms with Gasteiger partial charge in [-0.25, -0.2) is 4.39 Å². The van der Waals surface area contributed by atoms with E-state index in [4.69, 9.17) is 10.5 Å². The molecule has 142 valence electrons. The van der Waals surface area contributed by atoms with Gasteiger partial charge in [0, 0.05) is 36.8 Å². The minimum absolute atomic E-state index is 0.00348. The number of carbonyl (C=O) groups excluding carboxylic acids is 1. The van der Waals surface area contributed by atoms with Crippen LogP contribution in [0.25, 0.3) is 0 Å². The molecule has 0 bridgehead atoms. The van der Waals surface area contributed by atoms with Crippen molar-refractivity contribution in [1.29, 1.82) is 0 Å². The molecular formula is C19H20FN3O4. The normalized spacial score (nSPS) is 15.9. The maximum Gasteiger partial charge on any atom is 0.292 e. The van der Waals surface area contributed by atoms with E-state index in [2.05, 4.69) is 5.32 Å². The molecule has 1 heterocycles. The van der Waals surface area contributed by atoms with E-state index in [0.29, 0.717) is 32.6 Å². The first-order chi connectivity index (χ1) is 12.9. The number of carbonyl (C=O) groups is 1. The summed E-state index contributed by atoms with van der Waals surface area (Å²) in [5.74, 6) is -0.745. The van der Waals surface area contributed by atoms with Crippen LogP contribution in [-0.2, 0) is 10.2 Å². The molecule has 1 aliphatic rings. The molecule has 8 heteroatoms. The van der Waals surface area contributed by atoms with Crippen LogP contribution in [0, 0.1) is 15.9 Å². The summed E-state index contributed by atoms with van der Waals surface area (Å²) in [6.45, 7) is 1.40. The maximum absolute atomic E-state index is 13.3. The lowest BCUT2D eigenvalue weighted by atomic mass is 9.74. The lowest BCUT2D eigenvalue weighted by molar-refractivity contribution is -0.383. The summed E-state index contributed by atoms with van der Waals surface area (Å²) in [5.41, 5.74) is 5.99. The van der Waals surface area contributed by atoms with Gasteiger partial charge in [-0.1, -0.05) is 12.1 Å². The van der Waals surface area contributed by atoms with E-state index in [9.17, 15) is 19.3 Å². The fourth-order valence-corrected chi connectivity index (χ4v) is 3.33. The lowest BCUT2D eigenvalue weighted by Crippen LogP contribution is -2.44. The Bertz CT molecular complexity index is 849. The van der Waals surface area contributed by atoms with Gasteiger partial charge in [-0.2, -0.15) is 0 Å². The van der Waals surface area contributed by atoms with Crippen LogP contribution in [0.3, 0.4) is 0 Å². The zero-order valence-electron chi connectivity index (χ0n) is 14.6. The van der Waals surface area contributed by atoms with Gasteiger partial charge >= 0.3 is 0 Å². The summed E-state index contributed by atoms with van der Waals surface area (Å²) in [5, 5.41) is 13.9. The van der Waals surface area contributed by atoms with Gasteiger partial charge in [-0.15, -0.1) is 0 Å². The minimum atomic E-state index is -0.620. The number of nitrogens with two attached hydrogens (primary N) is 1. The first-order valence-electron chi connectivity index (χ1n) is 8.57. The zero-order valence-corrected chi connectivity index (χ0v) is 14.6. The van der Waals surface area contributed by atoms with Gasteiger partial charge in [-0.05, 0) is 42.7 Å². The fourth-order valence-electron chi connectivity index (χ4n) is 3.33. The third-order valence-electron chi connectivity index (χ3n) is 4.98. The number of rotatable bonds is 5. The number of nitrogen functional groups attached to an aromatic ring is 1. The molecule has 0 aromatic heterocycles. The average Bonchev–Trinajstić information content (AvgIpc) is 2.67. The van der Waals surface area contributed by atoms with Crippen LogP contribution < -0.4 is 11.1 Å². The van der Waals surface area contributed by atoms with Crippen molar-refractivity contribution < 1.29 is 18.8 Å². The molecule has 3 rings (SSSR count). The van der Waals surface area contributed by atoms with Crippen molar-refractivity contribution in [3.05, 3.63) is 69.5 Å². The number of ether oxygens (including phenoxy) is 1. The van der Waals surface area contributed by atoms with Gasteiger partial charge in [0.15, 0.2) is 0 Å². The number of hydrogen-bond donors (Lipinski definition) is 2. The van der Waals surface area contributed by atoms with E-state index in [1.807, 2.05) is 0 Å². The molecule has 1 fully saturated rings. The molecule has 1 saturated heterocycles. The van der Waals surface area contributed by atoms with Gasteiger partial charge in [0.25, 0.3) is 11.6 Å². The summed E-state index contributed by atoms with van der Waals surface area (Å²) >= 11 is 0. The Hall–Kier alpha value is -3.00. The van der Waals surface area contributed by atoms with Crippen LogP contribution in [0.5, 0.6) is 0 Å². The summed E-state index contributed by atoms with van der Waals surface area (Å²) in [7, 11) is 0. The van der Waals surface area contributed by atoms with Crippen LogP contribution in [0.2, 0.25) is 0 Å². The standard InChI is InChI=1S/C19H20FN3O4/c20-15-4-2-14(3-5-15)19(7-9-27-10-8-19)12-22-18(24)13-1-6-16(21)17(11-13)23(25)26/h1-6,11H,7-10,12,21H2,(H,22,24). The molecule has 7 nitrogen and oxygen atoms in total. The van der Waals surface area contributed by atoms with Crippen molar-refractivity contribution in [2.24, 2.45) is 0 Å². The Balaban J connectivity index is 1.79. The van der Waals surface area contributed by atoms with Crippen LogP contribution >= 0.6 is 0 Å². The smallest absolute Gasteiger partial charge is 0.292 e. The molecule has 0 saturated carbocycles. The predicted octanol–water partition coefficient (Wildman–Crippen LogP) is 2.79. The van der Waals surface area contributed by atoms with Crippen LogP contribution in [-0.4, -0.2) is 30.6 Å². The second kappa shape index (κ2) is 7.71. The number of hydrogen-bond acceptors (Lipinski definition) is 5. The molecule has 0 spiro atoms. The van der Waals surface area contributed by atoms with Crippen molar-refractivity contribution in [2.45, 2.75) is 18.3 Å². The Morgan fingerprint density at radius 3 is 2.52 bits per heavy atom. The first-order valence-corrected chi connectivity index (χ1v) is 8.57. The van der Waals surface area contributed by atoms with Crippen molar-refractivity contribution in [1.82, 2.24) is 5.32 Å². The lowest BCUT2D eigenvalue weighted by Gasteiger charge is -2.38. The van der Waals surface area contributed by atoms with Gasteiger partial charge < -0.3 is 15.8 Å². The summed E-state index contributed by atoms with van der Waals surface area (Å²) in [6, 6.07) is 10.2. The van der Waals surface area contributed by atoms with Crippen molar-refractivity contribution in [3.63, 3.8) is 0 Å². The van der Waals surface area contributed by atoms with Crippen LogP contribution in [0.1, 0.15) is 28.8 Å². The Morgan fingerprint density at radius 2 is 1.89 bits per heavy atom. The minimum Gasteiger partial charge on any atom is -0.393 e. The molecule has 0 aliphatic carbocycles. The first kappa shape index (κ1) is 18.8. The number of nitrogens with zero attached hydrogens (tertiary/aromatic N) is 1. The van der Waals surface area contributed by atoms with E-state index in [1.54, 1.807) is 12.1 Å². The predicted molar refractivity (Wildman–Crippen MR) is 98.0 cm³/mol. The molecule has 0 radical (unpaired) electrons. The number of nitro benzene ring substituents is 1. The van der Waals surface area contributed by atoms with Crippen LogP contribution in [0.15, 0.2) is 42.5 Å². The van der Waals surface area contributed by atoms with E-state index in [-0.39, 0.29) is 28.2 Å². The second-order valence-electron chi connectivity index (χ2n) is 6.61. The SMILES string of the molecule is Nc1ccc(C(=O)NCC2(c3ccc(F)cc3)CCOCC2)cc1[N+](=O)[O-]. The highest BCUT2D eigenvalue weighted by Gasteiger charge is 2.35. The third kappa shape index (κ3) is 4.06. The van der Waals surface area contributed by atoms with Gasteiger partial charge in [-0.3, -0.25) is 14.9 Å². The number of nitrogens with one attached hydrogen (secondary N) is 1. The molecule has 0 unspecified atom stereocenters. The fraction of sp³-hybridized carbons (Fsp3) is 0.316. The molecule has 2 aromatic rings. The molecule has 1 amide bonds. The van der Waals surface area contributed by atoms with E-state index < -0.39 is 10.8 Å². The Labute approximate surface area is 155 Å². The second-order valence-corrected chi connectivity index (χ2v) is 6.61. The van der Waals surface area contributed by atoms with E-state index in [1.165, 1.54) is 30.3 Å². The average molecular weight is 373 g/mol. The number of benzene rings is 2. The summed E-state index contributed by atoms with van der Waals surface area (Å²) < 4.78 is 18.7. The number of anilines is 1. The molecule has 2 aromatic carbocycles. The molecule has 0 atom stereocenters. The van der Waals surface area contributed by atoms with E-state index in [0.717, 1.165) is 5.56 Å². The van der Waals surface area contributed by atoms with E-state index >= 15 is 0 Å². The molecule has 3 N–H and O–H groups in total. The molecule has 1 aliphatic heterocycles. The topological polar surface area (TPSA) is 107 Å². The third-order valence-corrected chi connectivity index (χ3v) is 4.98. The van der Waals surface area contributed by atoms with Gasteiger partial charge in [0.2, 0.25) is 0 Å². The van der Waals surface area contributed by atoms with Gasteiger partial charge in [0.1, 0.15) is 11.5 Å². The maximum atomic E-state index is 13.3. The van der Waals surface area contributed by atoms with Crippen LogP contribution in [0.4, 0.5) is 15.8 Å². The van der Waals surface area contributed by atoms with Crippen molar-refractivity contribution >= 4 is 17.3 Å². The molecule has 27 heavy (non-hydrogen) atoms. The molecular weight excluding hydrogens is 353 g/mol. The Kier molecular flexibility index (Phi) is 5.36. The number of nitro groups is 1. The number of halogens is 1. The summed E-state index contributed by atoms with van der Waals surface area (Å²) in [6.07, 6.45) is 1.36. The van der Waals surface area contributed by atoms with Gasteiger partial charge in [0.05, 0.1) is 4.92 Å². The Morgan fingerprint density at radius 1 is 1.22 bits per heavy atom. The van der Waals surface area contributed by atoms with Crippen molar-refractivity contribution in [2.75, 3.05) is 25.5 Å².